The molecule has 2 heterocycles. The smallest absolute Gasteiger partial charge is 0.230 e. The van der Waals surface area contributed by atoms with Crippen molar-refractivity contribution in [2.24, 2.45) is 0 Å². The highest BCUT2D eigenvalue weighted by Crippen LogP contribution is 2.31. The quantitative estimate of drug-likeness (QED) is 0.575. The molecule has 0 spiro atoms. The predicted molar refractivity (Wildman–Crippen MR) is 102 cm³/mol. The number of para-hydroxylation sites is 1. The highest BCUT2D eigenvalue weighted by atomic mass is 32.1. The van der Waals surface area contributed by atoms with Crippen LogP contribution in [0.5, 0.6) is 5.75 Å². The predicted octanol–water partition coefficient (Wildman–Crippen LogP) is 5.30. The van der Waals surface area contributed by atoms with Crippen LogP contribution in [0.25, 0.3) is 11.5 Å². The number of nitrogens with zero attached hydrogens (tertiary/aromatic N) is 2. The molecule has 5 heteroatoms. The van der Waals surface area contributed by atoms with Gasteiger partial charge in [-0.2, -0.15) is 0 Å². The van der Waals surface area contributed by atoms with Gasteiger partial charge in [-0.3, -0.25) is 4.90 Å². The maximum atomic E-state index is 5.94. The Bertz CT molecular complexity index is 811. The summed E-state index contributed by atoms with van der Waals surface area (Å²) in [6.45, 7) is 7.52. The third kappa shape index (κ3) is 3.94. The molecule has 0 amide bonds. The number of aromatic nitrogens is 1. The Morgan fingerprint density at radius 2 is 2.04 bits per heavy atom. The molecule has 1 unspecified atom stereocenters. The molecule has 25 heavy (non-hydrogen) atoms. The molecular weight excluding hydrogens is 332 g/mol. The van der Waals surface area contributed by atoms with Crippen molar-refractivity contribution in [2.45, 2.75) is 33.4 Å². The fraction of sp³-hybridized carbons (Fsp3) is 0.350. The van der Waals surface area contributed by atoms with Gasteiger partial charge in [-0.05, 0) is 51.4 Å². The summed E-state index contributed by atoms with van der Waals surface area (Å²) in [5.74, 6) is 2.28. The standard InChI is InChI=1S/C20H24N2O2S/c1-5-23-18-10-7-6-9-16(18)20-21-17(15(3)24-20)13-22(4)14(2)19-11-8-12-25-19/h6-12,14H,5,13H2,1-4H3. The van der Waals surface area contributed by atoms with E-state index in [9.17, 15) is 0 Å². The molecule has 4 nitrogen and oxygen atoms in total. The van der Waals surface area contributed by atoms with Gasteiger partial charge in [-0.15, -0.1) is 11.3 Å². The molecule has 0 aliphatic heterocycles. The largest absolute Gasteiger partial charge is 0.493 e. The third-order valence-electron chi connectivity index (χ3n) is 4.33. The van der Waals surface area contributed by atoms with E-state index in [-0.39, 0.29) is 0 Å². The molecule has 0 aliphatic carbocycles. The highest BCUT2D eigenvalue weighted by Gasteiger charge is 2.19. The van der Waals surface area contributed by atoms with Crippen LogP contribution in [0.15, 0.2) is 46.2 Å². The number of benzene rings is 1. The number of oxazole rings is 1. The fourth-order valence-corrected chi connectivity index (χ4v) is 3.58. The Kier molecular flexibility index (Phi) is 5.56. The van der Waals surface area contributed by atoms with Crippen LogP contribution in [-0.2, 0) is 6.54 Å². The first-order valence-corrected chi connectivity index (χ1v) is 9.40. The molecule has 0 saturated carbocycles. The second kappa shape index (κ2) is 7.85. The van der Waals surface area contributed by atoms with Crippen molar-refractivity contribution in [2.75, 3.05) is 13.7 Å². The fourth-order valence-electron chi connectivity index (χ4n) is 2.73. The van der Waals surface area contributed by atoms with Gasteiger partial charge >= 0.3 is 0 Å². The van der Waals surface area contributed by atoms with E-state index in [1.54, 1.807) is 11.3 Å². The molecule has 132 valence electrons. The summed E-state index contributed by atoms with van der Waals surface area (Å²) < 4.78 is 11.6. The van der Waals surface area contributed by atoms with Gasteiger partial charge in [-0.1, -0.05) is 18.2 Å². The Morgan fingerprint density at radius 1 is 1.24 bits per heavy atom. The molecule has 0 aliphatic rings. The molecule has 0 N–H and O–H groups in total. The van der Waals surface area contributed by atoms with Crippen LogP contribution in [-0.4, -0.2) is 23.5 Å². The summed E-state index contributed by atoms with van der Waals surface area (Å²) in [6.07, 6.45) is 0. The van der Waals surface area contributed by atoms with Gasteiger partial charge in [0.15, 0.2) is 0 Å². The van der Waals surface area contributed by atoms with Crippen LogP contribution in [0.3, 0.4) is 0 Å². The number of ether oxygens (including phenoxy) is 1. The summed E-state index contributed by atoms with van der Waals surface area (Å²) in [7, 11) is 2.12. The summed E-state index contributed by atoms with van der Waals surface area (Å²) in [4.78, 5) is 8.38. The minimum absolute atomic E-state index is 0.343. The van der Waals surface area contributed by atoms with Gasteiger partial charge in [-0.25, -0.2) is 4.98 Å². The Balaban J connectivity index is 1.81. The molecular formula is C20H24N2O2S. The van der Waals surface area contributed by atoms with Gasteiger partial charge in [0.25, 0.3) is 0 Å². The second-order valence-electron chi connectivity index (χ2n) is 6.06. The Hall–Kier alpha value is -2.11. The van der Waals surface area contributed by atoms with Crippen LogP contribution >= 0.6 is 11.3 Å². The molecule has 2 aromatic heterocycles. The van der Waals surface area contributed by atoms with Crippen LogP contribution in [0.1, 0.15) is 36.2 Å². The van der Waals surface area contributed by atoms with E-state index in [0.29, 0.717) is 18.5 Å². The normalized spacial score (nSPS) is 12.5. The van der Waals surface area contributed by atoms with Crippen LogP contribution < -0.4 is 4.74 Å². The first-order chi connectivity index (χ1) is 12.1. The summed E-state index contributed by atoms with van der Waals surface area (Å²) >= 11 is 1.78. The van der Waals surface area contributed by atoms with Gasteiger partial charge < -0.3 is 9.15 Å². The van der Waals surface area contributed by atoms with Crippen LogP contribution in [0.2, 0.25) is 0 Å². The van der Waals surface area contributed by atoms with Gasteiger partial charge in [0.1, 0.15) is 11.5 Å². The second-order valence-corrected chi connectivity index (χ2v) is 7.04. The first-order valence-electron chi connectivity index (χ1n) is 8.52. The highest BCUT2D eigenvalue weighted by molar-refractivity contribution is 7.10. The average Bonchev–Trinajstić information content (AvgIpc) is 3.26. The number of thiophene rings is 1. The summed E-state index contributed by atoms with van der Waals surface area (Å²) in [5, 5.41) is 2.11. The van der Waals surface area contributed by atoms with Crippen LogP contribution in [0.4, 0.5) is 0 Å². The van der Waals surface area contributed by atoms with Crippen molar-refractivity contribution in [3.05, 3.63) is 58.1 Å². The van der Waals surface area contributed by atoms with Crippen molar-refractivity contribution in [3.8, 4) is 17.2 Å². The summed E-state index contributed by atoms with van der Waals surface area (Å²) in [6, 6.07) is 12.5. The van der Waals surface area contributed by atoms with Gasteiger partial charge in [0.05, 0.1) is 17.9 Å². The monoisotopic (exact) mass is 356 g/mol. The number of hydrogen-bond donors (Lipinski definition) is 0. The maximum absolute atomic E-state index is 5.94. The van der Waals surface area contributed by atoms with E-state index in [1.807, 2.05) is 38.1 Å². The minimum Gasteiger partial charge on any atom is -0.493 e. The number of aryl methyl sites for hydroxylation is 1. The van der Waals surface area contributed by atoms with Crippen LogP contribution in [0, 0.1) is 6.92 Å². The van der Waals surface area contributed by atoms with Crippen molar-refractivity contribution >= 4 is 11.3 Å². The topological polar surface area (TPSA) is 38.5 Å². The minimum atomic E-state index is 0.343. The average molecular weight is 356 g/mol. The third-order valence-corrected chi connectivity index (χ3v) is 5.37. The van der Waals surface area contributed by atoms with E-state index < -0.39 is 0 Å². The zero-order chi connectivity index (χ0) is 17.8. The van der Waals surface area contributed by atoms with E-state index in [1.165, 1.54) is 4.88 Å². The van der Waals surface area contributed by atoms with E-state index in [2.05, 4.69) is 36.4 Å². The molecule has 0 saturated heterocycles. The van der Waals surface area contributed by atoms with E-state index in [0.717, 1.165) is 29.3 Å². The molecule has 3 rings (SSSR count). The molecule has 0 bridgehead atoms. The molecule has 3 aromatic rings. The zero-order valence-corrected chi connectivity index (χ0v) is 16.0. The number of hydrogen-bond acceptors (Lipinski definition) is 5. The molecule has 0 fully saturated rings. The lowest BCUT2D eigenvalue weighted by atomic mass is 10.2. The van der Waals surface area contributed by atoms with Gasteiger partial charge in [0, 0.05) is 17.5 Å². The van der Waals surface area contributed by atoms with Crippen molar-refractivity contribution in [1.82, 2.24) is 9.88 Å². The van der Waals surface area contributed by atoms with Gasteiger partial charge in [0.2, 0.25) is 5.89 Å². The molecule has 0 radical (unpaired) electrons. The lowest BCUT2D eigenvalue weighted by molar-refractivity contribution is 0.252. The Morgan fingerprint density at radius 3 is 2.76 bits per heavy atom. The Labute approximate surface area is 153 Å². The van der Waals surface area contributed by atoms with Crippen molar-refractivity contribution in [3.63, 3.8) is 0 Å². The molecule has 1 atom stereocenters. The number of rotatable bonds is 7. The van der Waals surface area contributed by atoms with E-state index >= 15 is 0 Å². The van der Waals surface area contributed by atoms with Crippen molar-refractivity contribution in [1.29, 1.82) is 0 Å². The maximum Gasteiger partial charge on any atom is 0.230 e. The lowest BCUT2D eigenvalue weighted by Gasteiger charge is -2.22. The summed E-state index contributed by atoms with van der Waals surface area (Å²) in [5.41, 5.74) is 1.86. The lowest BCUT2D eigenvalue weighted by Crippen LogP contribution is -2.21. The SMILES string of the molecule is CCOc1ccccc1-c1nc(CN(C)C(C)c2cccs2)c(C)o1. The zero-order valence-electron chi connectivity index (χ0n) is 15.2. The van der Waals surface area contributed by atoms with Crippen molar-refractivity contribution < 1.29 is 9.15 Å². The first kappa shape index (κ1) is 17.7. The van der Waals surface area contributed by atoms with E-state index in [4.69, 9.17) is 14.1 Å². The molecule has 1 aromatic carbocycles.